The number of aromatic nitrogens is 1. The monoisotopic (exact) mass is 467 g/mol. The summed E-state index contributed by atoms with van der Waals surface area (Å²) in [6.07, 6.45) is 5.12. The molecule has 3 aliphatic heterocycles. The first kappa shape index (κ1) is 22.6. The topological polar surface area (TPSA) is 104 Å². The second-order valence-electron chi connectivity index (χ2n) is 9.61. The van der Waals surface area contributed by atoms with Gasteiger partial charge in [0.1, 0.15) is 23.0 Å². The van der Waals surface area contributed by atoms with Crippen molar-refractivity contribution in [2.45, 2.75) is 44.2 Å². The summed E-state index contributed by atoms with van der Waals surface area (Å²) in [4.78, 5) is 21.6. The van der Waals surface area contributed by atoms with Gasteiger partial charge in [-0.05, 0) is 61.8 Å². The molecule has 0 unspecified atom stereocenters. The van der Waals surface area contributed by atoms with Crippen LogP contribution in [0.15, 0.2) is 41.7 Å². The number of hydrogen-bond donors (Lipinski definition) is 2. The summed E-state index contributed by atoms with van der Waals surface area (Å²) < 4.78 is 19.9. The summed E-state index contributed by atoms with van der Waals surface area (Å²) in [5, 5.41) is 12.9. The summed E-state index contributed by atoms with van der Waals surface area (Å²) in [7, 11) is 0. The lowest BCUT2D eigenvalue weighted by Gasteiger charge is -2.45. The van der Waals surface area contributed by atoms with Crippen LogP contribution < -0.4 is 10.5 Å². The van der Waals surface area contributed by atoms with E-state index in [0.29, 0.717) is 55.2 Å². The van der Waals surface area contributed by atoms with Crippen LogP contribution in [0.1, 0.15) is 43.2 Å². The molecule has 8 nitrogen and oxygen atoms in total. The molecule has 4 heterocycles. The van der Waals surface area contributed by atoms with Gasteiger partial charge in [0, 0.05) is 56.6 Å². The molecule has 2 saturated heterocycles. The molecular formula is C25H30FN5O3. The summed E-state index contributed by atoms with van der Waals surface area (Å²) in [6, 6.07) is 8.15. The largest absolute Gasteiger partial charge is 0.486 e. The zero-order valence-corrected chi connectivity index (χ0v) is 19.1. The molecule has 3 N–H and O–H groups in total. The molecule has 0 aliphatic carbocycles. The summed E-state index contributed by atoms with van der Waals surface area (Å²) in [5.41, 5.74) is 7.32. The highest BCUT2D eigenvalue weighted by atomic mass is 19.1. The van der Waals surface area contributed by atoms with Gasteiger partial charge in [-0.1, -0.05) is 5.16 Å². The van der Waals surface area contributed by atoms with Gasteiger partial charge in [0.2, 0.25) is 5.91 Å². The smallest absolute Gasteiger partial charge is 0.225 e. The van der Waals surface area contributed by atoms with E-state index in [-0.39, 0.29) is 11.8 Å². The minimum atomic E-state index is -0.529. The maximum absolute atomic E-state index is 13.7. The van der Waals surface area contributed by atoms with Gasteiger partial charge in [-0.2, -0.15) is 0 Å². The van der Waals surface area contributed by atoms with E-state index in [0.717, 1.165) is 38.0 Å². The highest BCUT2D eigenvalue weighted by Gasteiger charge is 2.44. The number of fused-ring (bicyclic) bond motifs is 1. The van der Waals surface area contributed by atoms with E-state index in [1.165, 1.54) is 12.1 Å². The first-order valence-corrected chi connectivity index (χ1v) is 11.9. The number of pyridine rings is 1. The summed E-state index contributed by atoms with van der Waals surface area (Å²) in [6.45, 7) is 3.78. The molecule has 180 valence electrons. The lowest BCUT2D eigenvalue weighted by atomic mass is 9.81. The molecule has 2 fully saturated rings. The van der Waals surface area contributed by atoms with Crippen LogP contribution in [-0.2, 0) is 11.3 Å². The highest BCUT2D eigenvalue weighted by Crippen LogP contribution is 2.40. The van der Waals surface area contributed by atoms with Crippen LogP contribution in [0.2, 0.25) is 0 Å². The molecule has 2 aromatic rings. The van der Waals surface area contributed by atoms with E-state index in [2.05, 4.69) is 15.0 Å². The first-order valence-electron chi connectivity index (χ1n) is 11.9. The zero-order valence-electron chi connectivity index (χ0n) is 19.1. The van der Waals surface area contributed by atoms with Crippen LogP contribution in [0, 0.1) is 11.7 Å². The third-order valence-electron chi connectivity index (χ3n) is 7.36. The first-order chi connectivity index (χ1) is 16.4. The quantitative estimate of drug-likeness (QED) is 0.531. The fourth-order valence-corrected chi connectivity index (χ4v) is 5.44. The maximum Gasteiger partial charge on any atom is 0.225 e. The van der Waals surface area contributed by atoms with E-state index in [1.807, 2.05) is 17.0 Å². The van der Waals surface area contributed by atoms with E-state index in [4.69, 9.17) is 10.5 Å². The van der Waals surface area contributed by atoms with Crippen molar-refractivity contribution >= 4 is 17.4 Å². The summed E-state index contributed by atoms with van der Waals surface area (Å²) in [5.74, 6) is 0.926. The predicted octanol–water partition coefficient (Wildman–Crippen LogP) is 3.04. The molecule has 5 rings (SSSR count). The molecule has 1 aromatic carbocycles. The number of piperidine rings is 2. The van der Waals surface area contributed by atoms with Crippen molar-refractivity contribution in [3.63, 3.8) is 0 Å². The van der Waals surface area contributed by atoms with Gasteiger partial charge in [-0.3, -0.25) is 9.69 Å². The van der Waals surface area contributed by atoms with Gasteiger partial charge in [-0.25, -0.2) is 9.37 Å². The number of carbonyl (C=O) groups excluding carboxylic acids is 1. The molecule has 1 aromatic heterocycles. The van der Waals surface area contributed by atoms with Crippen molar-refractivity contribution in [1.82, 2.24) is 14.8 Å². The average molecular weight is 468 g/mol. The average Bonchev–Trinajstić information content (AvgIpc) is 2.84. The Morgan fingerprint density at radius 2 is 1.97 bits per heavy atom. The molecule has 1 amide bonds. The van der Waals surface area contributed by atoms with Crippen molar-refractivity contribution in [1.29, 1.82) is 0 Å². The predicted molar refractivity (Wildman–Crippen MR) is 125 cm³/mol. The molecule has 0 saturated carbocycles. The minimum absolute atomic E-state index is 0.0401. The Hall–Kier alpha value is -3.20. The second kappa shape index (κ2) is 9.21. The van der Waals surface area contributed by atoms with Crippen molar-refractivity contribution in [3.8, 4) is 5.75 Å². The van der Waals surface area contributed by atoms with Crippen molar-refractivity contribution in [2.75, 3.05) is 31.9 Å². The third-order valence-corrected chi connectivity index (χ3v) is 7.36. The molecule has 34 heavy (non-hydrogen) atoms. The van der Waals surface area contributed by atoms with Crippen LogP contribution >= 0.6 is 0 Å². The number of rotatable bonds is 3. The molecule has 0 radical (unpaired) electrons. The Bertz CT molecular complexity index is 1090. The highest BCUT2D eigenvalue weighted by molar-refractivity contribution is 6.04. The number of halogens is 1. The standard InChI is InChI=1S/C25H30FN5O3/c26-19-1-2-22-20(14-19)21(29-33)15-25(34-22)6-11-31(12-7-25)24(32)18-4-9-30(10-5-18)16-17-3-8-28-23(27)13-17/h1-3,8,13-14,18,33H,4-7,9-12,15-16H2,(H2,27,28). The van der Waals surface area contributed by atoms with Crippen LogP contribution in [0.4, 0.5) is 10.2 Å². The van der Waals surface area contributed by atoms with Crippen molar-refractivity contribution in [2.24, 2.45) is 11.1 Å². The number of oxime groups is 1. The van der Waals surface area contributed by atoms with Gasteiger partial charge in [0.25, 0.3) is 0 Å². The fraction of sp³-hybridized carbons (Fsp3) is 0.480. The van der Waals surface area contributed by atoms with Crippen LogP contribution in [0.3, 0.4) is 0 Å². The fourth-order valence-electron chi connectivity index (χ4n) is 5.44. The number of ether oxygens (including phenoxy) is 1. The molecule has 9 heteroatoms. The number of carbonyl (C=O) groups is 1. The Morgan fingerprint density at radius 1 is 1.21 bits per heavy atom. The molecular weight excluding hydrogens is 437 g/mol. The molecule has 3 aliphatic rings. The number of anilines is 1. The van der Waals surface area contributed by atoms with E-state index in [1.54, 1.807) is 12.3 Å². The van der Waals surface area contributed by atoms with E-state index >= 15 is 0 Å². The van der Waals surface area contributed by atoms with Gasteiger partial charge in [0.05, 0.1) is 5.71 Å². The van der Waals surface area contributed by atoms with Crippen LogP contribution in [-0.4, -0.2) is 63.4 Å². The summed E-state index contributed by atoms with van der Waals surface area (Å²) >= 11 is 0. The lowest BCUT2D eigenvalue weighted by molar-refractivity contribution is -0.140. The van der Waals surface area contributed by atoms with Crippen LogP contribution in [0.5, 0.6) is 5.75 Å². The number of nitrogens with zero attached hydrogens (tertiary/aromatic N) is 4. The van der Waals surface area contributed by atoms with Gasteiger partial charge in [0.15, 0.2) is 0 Å². The van der Waals surface area contributed by atoms with Crippen molar-refractivity contribution in [3.05, 3.63) is 53.5 Å². The Morgan fingerprint density at radius 3 is 2.68 bits per heavy atom. The molecule has 0 atom stereocenters. The number of nitrogens with two attached hydrogens (primary N) is 1. The Balaban J connectivity index is 1.16. The number of benzene rings is 1. The molecule has 1 spiro atoms. The van der Waals surface area contributed by atoms with Gasteiger partial charge >= 0.3 is 0 Å². The maximum atomic E-state index is 13.7. The molecule has 0 bridgehead atoms. The van der Waals surface area contributed by atoms with E-state index < -0.39 is 11.4 Å². The number of amides is 1. The SMILES string of the molecule is Nc1cc(CN2CCC(C(=O)N3CCC4(CC3)CC(=NO)c3cc(F)ccc3O4)CC2)ccn1. The number of nitrogen functional groups attached to an aromatic ring is 1. The minimum Gasteiger partial charge on any atom is -0.486 e. The number of likely N-dealkylation sites (tertiary alicyclic amines) is 2. The second-order valence-corrected chi connectivity index (χ2v) is 9.61. The van der Waals surface area contributed by atoms with Crippen molar-refractivity contribution < 1.29 is 19.1 Å². The normalized spacial score (nSPS) is 21.9. The zero-order chi connectivity index (χ0) is 23.7. The Kier molecular flexibility index (Phi) is 6.12. The third kappa shape index (κ3) is 4.57. The number of hydrogen-bond acceptors (Lipinski definition) is 7. The van der Waals surface area contributed by atoms with Crippen LogP contribution in [0.25, 0.3) is 0 Å². The van der Waals surface area contributed by atoms with Gasteiger partial charge < -0.3 is 20.6 Å². The van der Waals surface area contributed by atoms with E-state index in [9.17, 15) is 14.4 Å². The lowest BCUT2D eigenvalue weighted by Crippen LogP contribution is -2.54. The Labute approximate surface area is 198 Å². The van der Waals surface area contributed by atoms with Gasteiger partial charge in [-0.15, -0.1) is 0 Å².